The zero-order chi connectivity index (χ0) is 21.1. The number of amides is 1. The summed E-state index contributed by atoms with van der Waals surface area (Å²) in [5.74, 6) is 0.166. The molecule has 8 heteroatoms. The third-order valence-corrected chi connectivity index (χ3v) is 6.44. The lowest BCUT2D eigenvalue weighted by atomic mass is 10.1. The van der Waals surface area contributed by atoms with Gasteiger partial charge in [-0.15, -0.1) is 0 Å². The fraction of sp³-hybridized carbons (Fsp3) is 0.350. The molecule has 1 amide bonds. The molecule has 0 spiro atoms. The molecule has 0 radical (unpaired) electrons. The van der Waals surface area contributed by atoms with Crippen LogP contribution in [-0.2, 0) is 16.6 Å². The van der Waals surface area contributed by atoms with E-state index >= 15 is 0 Å². The fourth-order valence-corrected chi connectivity index (χ4v) is 3.79. The Morgan fingerprint density at radius 1 is 1.07 bits per heavy atom. The van der Waals surface area contributed by atoms with E-state index in [0.717, 1.165) is 11.8 Å². The maximum absolute atomic E-state index is 12.3. The minimum absolute atomic E-state index is 0.0536. The summed E-state index contributed by atoms with van der Waals surface area (Å²) in [6, 6.07) is 11.7. The molecule has 0 saturated carbocycles. The van der Waals surface area contributed by atoms with Crippen molar-refractivity contribution < 1.29 is 13.2 Å². The minimum Gasteiger partial charge on any atom is -0.349 e. The second-order valence-corrected chi connectivity index (χ2v) is 9.74. The van der Waals surface area contributed by atoms with Gasteiger partial charge in [-0.3, -0.25) is 9.10 Å². The van der Waals surface area contributed by atoms with E-state index in [9.17, 15) is 13.2 Å². The van der Waals surface area contributed by atoms with Gasteiger partial charge in [-0.05, 0) is 42.7 Å². The summed E-state index contributed by atoms with van der Waals surface area (Å²) in [4.78, 5) is 12.3. The number of carbonyl (C=O) groups is 1. The summed E-state index contributed by atoms with van der Waals surface area (Å²) in [6.07, 6.45) is 1.11. The van der Waals surface area contributed by atoms with E-state index in [-0.39, 0.29) is 28.5 Å². The first-order chi connectivity index (χ1) is 13.0. The highest BCUT2D eigenvalue weighted by Gasteiger charge is 2.22. The minimum atomic E-state index is -3.60. The Morgan fingerprint density at radius 3 is 2.21 bits per heavy atom. The number of nitrogens with zero attached hydrogens (tertiary/aromatic N) is 1. The molecule has 0 bridgehead atoms. The predicted octanol–water partition coefficient (Wildman–Crippen LogP) is 4.73. The predicted molar refractivity (Wildman–Crippen MR) is 116 cm³/mol. The van der Waals surface area contributed by atoms with Crippen LogP contribution in [0.15, 0.2) is 42.5 Å². The Balaban J connectivity index is 2.25. The Morgan fingerprint density at radius 2 is 1.68 bits per heavy atom. The first kappa shape index (κ1) is 22.5. The van der Waals surface area contributed by atoms with Crippen LogP contribution in [0.4, 0.5) is 5.69 Å². The average Bonchev–Trinajstić information content (AvgIpc) is 2.61. The zero-order valence-electron chi connectivity index (χ0n) is 16.2. The number of rotatable bonds is 7. The molecule has 1 atom stereocenters. The number of sulfonamides is 1. The first-order valence-electron chi connectivity index (χ1n) is 8.82. The molecule has 28 heavy (non-hydrogen) atoms. The van der Waals surface area contributed by atoms with Gasteiger partial charge in [0.2, 0.25) is 10.0 Å². The molecule has 0 heterocycles. The van der Waals surface area contributed by atoms with E-state index in [4.69, 9.17) is 23.2 Å². The molecule has 5 nitrogen and oxygen atoms in total. The molecule has 0 fully saturated rings. The standard InChI is InChI=1S/C20H24Cl2N2O3S/c1-13(2)14(3)23-20(25)16-10-8-15(9-11-16)12-24(28(4,26)27)18-7-5-6-17(21)19(18)22/h5-11,13-14H,12H2,1-4H3,(H,23,25). The van der Waals surface area contributed by atoms with Gasteiger partial charge in [0, 0.05) is 11.6 Å². The Hall–Kier alpha value is -1.76. The van der Waals surface area contributed by atoms with Gasteiger partial charge >= 0.3 is 0 Å². The van der Waals surface area contributed by atoms with Crippen LogP contribution in [0.1, 0.15) is 36.7 Å². The number of hydrogen-bond acceptors (Lipinski definition) is 3. The SMILES string of the molecule is CC(C)C(C)NC(=O)c1ccc(CN(c2cccc(Cl)c2Cl)S(C)(=O)=O)cc1. The number of benzene rings is 2. The number of halogens is 2. The molecule has 2 rings (SSSR count). The molecule has 152 valence electrons. The molecule has 0 aliphatic carbocycles. The second kappa shape index (κ2) is 9.16. The van der Waals surface area contributed by atoms with Crippen molar-refractivity contribution in [3.63, 3.8) is 0 Å². The largest absolute Gasteiger partial charge is 0.349 e. The summed E-state index contributed by atoms with van der Waals surface area (Å²) in [5, 5.41) is 3.39. The van der Waals surface area contributed by atoms with E-state index in [0.29, 0.717) is 17.2 Å². The van der Waals surface area contributed by atoms with Crippen LogP contribution in [-0.4, -0.2) is 26.6 Å². The van der Waals surface area contributed by atoms with Crippen molar-refractivity contribution in [3.05, 3.63) is 63.6 Å². The van der Waals surface area contributed by atoms with Gasteiger partial charge in [0.15, 0.2) is 0 Å². The topological polar surface area (TPSA) is 66.5 Å². The Kier molecular flexibility index (Phi) is 7.37. The highest BCUT2D eigenvalue weighted by atomic mass is 35.5. The second-order valence-electron chi connectivity index (χ2n) is 7.05. The van der Waals surface area contributed by atoms with Crippen molar-refractivity contribution in [1.82, 2.24) is 5.32 Å². The maximum atomic E-state index is 12.3. The number of nitrogens with one attached hydrogen (secondary N) is 1. The highest BCUT2D eigenvalue weighted by molar-refractivity contribution is 7.92. The summed E-state index contributed by atoms with van der Waals surface area (Å²) < 4.78 is 25.8. The molecule has 0 aliphatic rings. The molecule has 0 saturated heterocycles. The van der Waals surface area contributed by atoms with Gasteiger partial charge in [0.05, 0.1) is 28.5 Å². The van der Waals surface area contributed by atoms with Crippen LogP contribution in [0.5, 0.6) is 0 Å². The van der Waals surface area contributed by atoms with Crippen molar-refractivity contribution in [1.29, 1.82) is 0 Å². The molecule has 0 aliphatic heterocycles. The molecule has 1 N–H and O–H groups in total. The number of hydrogen-bond donors (Lipinski definition) is 1. The zero-order valence-corrected chi connectivity index (χ0v) is 18.6. The maximum Gasteiger partial charge on any atom is 0.251 e. The van der Waals surface area contributed by atoms with Gasteiger partial charge in [0.1, 0.15) is 0 Å². The van der Waals surface area contributed by atoms with Gasteiger partial charge in [-0.25, -0.2) is 8.42 Å². The summed E-state index contributed by atoms with van der Waals surface area (Å²) in [6.45, 7) is 6.10. The Bertz CT molecular complexity index is 944. The molecule has 2 aromatic carbocycles. The molecular weight excluding hydrogens is 419 g/mol. The molecule has 2 aromatic rings. The van der Waals surface area contributed by atoms with Crippen LogP contribution in [0.25, 0.3) is 0 Å². The van der Waals surface area contributed by atoms with Crippen molar-refractivity contribution >= 4 is 44.8 Å². The lowest BCUT2D eigenvalue weighted by Gasteiger charge is -2.24. The molecular formula is C20H24Cl2N2O3S. The third-order valence-electron chi connectivity index (χ3n) is 4.50. The van der Waals surface area contributed by atoms with Crippen molar-refractivity contribution in [2.24, 2.45) is 5.92 Å². The fourth-order valence-electron chi connectivity index (χ4n) is 2.45. The first-order valence-corrected chi connectivity index (χ1v) is 11.4. The normalized spacial score (nSPS) is 12.7. The molecule has 1 unspecified atom stereocenters. The van der Waals surface area contributed by atoms with E-state index in [1.165, 1.54) is 4.31 Å². The van der Waals surface area contributed by atoms with Crippen molar-refractivity contribution in [3.8, 4) is 0 Å². The lowest BCUT2D eigenvalue weighted by Crippen LogP contribution is -2.36. The van der Waals surface area contributed by atoms with Crippen LogP contribution in [0.3, 0.4) is 0 Å². The summed E-state index contributed by atoms with van der Waals surface area (Å²) in [5.41, 5.74) is 1.54. The lowest BCUT2D eigenvalue weighted by molar-refractivity contribution is 0.0930. The van der Waals surface area contributed by atoms with Gasteiger partial charge < -0.3 is 5.32 Å². The van der Waals surface area contributed by atoms with Crippen LogP contribution >= 0.6 is 23.2 Å². The summed E-state index contributed by atoms with van der Waals surface area (Å²) >= 11 is 12.2. The molecule has 0 aromatic heterocycles. The van der Waals surface area contributed by atoms with E-state index < -0.39 is 10.0 Å². The van der Waals surface area contributed by atoms with Crippen LogP contribution in [0.2, 0.25) is 10.0 Å². The van der Waals surface area contributed by atoms with Gasteiger partial charge in [-0.2, -0.15) is 0 Å². The highest BCUT2D eigenvalue weighted by Crippen LogP contribution is 2.34. The van der Waals surface area contributed by atoms with E-state index in [1.54, 1.807) is 42.5 Å². The van der Waals surface area contributed by atoms with Crippen LogP contribution < -0.4 is 9.62 Å². The number of anilines is 1. The summed E-state index contributed by atoms with van der Waals surface area (Å²) in [7, 11) is -3.60. The average molecular weight is 443 g/mol. The van der Waals surface area contributed by atoms with Gasteiger partial charge in [0.25, 0.3) is 5.91 Å². The van der Waals surface area contributed by atoms with Gasteiger partial charge in [-0.1, -0.05) is 55.2 Å². The number of carbonyl (C=O) groups excluding carboxylic acids is 1. The van der Waals surface area contributed by atoms with Crippen molar-refractivity contribution in [2.75, 3.05) is 10.6 Å². The smallest absolute Gasteiger partial charge is 0.251 e. The van der Waals surface area contributed by atoms with E-state index in [2.05, 4.69) is 5.32 Å². The third kappa shape index (κ3) is 5.63. The van der Waals surface area contributed by atoms with Crippen LogP contribution in [0, 0.1) is 5.92 Å². The van der Waals surface area contributed by atoms with Crippen molar-refractivity contribution in [2.45, 2.75) is 33.4 Å². The monoisotopic (exact) mass is 442 g/mol. The Labute approximate surface area is 176 Å². The quantitative estimate of drug-likeness (QED) is 0.673. The van der Waals surface area contributed by atoms with E-state index in [1.807, 2.05) is 20.8 Å².